The van der Waals surface area contributed by atoms with Gasteiger partial charge in [0.15, 0.2) is 4.80 Å². The zero-order valence-corrected chi connectivity index (χ0v) is 23.5. The van der Waals surface area contributed by atoms with E-state index in [1.54, 1.807) is 6.07 Å². The van der Waals surface area contributed by atoms with Crippen molar-refractivity contribution >= 4 is 34.0 Å². The molecular formula is C36H26FN3OS. The predicted octanol–water partition coefficient (Wildman–Crippen LogP) is 6.46. The smallest absolute Gasteiger partial charge is 0.271 e. The number of aromatic nitrogens is 2. The quantitative estimate of drug-likeness (QED) is 0.241. The number of benzene rings is 4. The van der Waals surface area contributed by atoms with Crippen molar-refractivity contribution in [2.24, 2.45) is 4.99 Å². The highest BCUT2D eigenvalue weighted by Crippen LogP contribution is 2.41. The van der Waals surface area contributed by atoms with Crippen LogP contribution in [0.2, 0.25) is 0 Å². The molecule has 0 N–H and O–H groups in total. The molecule has 4 nitrogen and oxygen atoms in total. The molecule has 1 atom stereocenters. The van der Waals surface area contributed by atoms with Crippen LogP contribution < -0.4 is 14.9 Å². The topological polar surface area (TPSA) is 39.3 Å². The van der Waals surface area contributed by atoms with Crippen LogP contribution in [0, 0.1) is 5.82 Å². The average Bonchev–Trinajstić information content (AvgIpc) is 3.53. The Hall–Kier alpha value is -4.81. The highest BCUT2D eigenvalue weighted by atomic mass is 32.1. The van der Waals surface area contributed by atoms with Gasteiger partial charge >= 0.3 is 0 Å². The monoisotopic (exact) mass is 567 g/mol. The normalized spacial score (nSPS) is 16.2. The van der Waals surface area contributed by atoms with E-state index in [2.05, 4.69) is 47.0 Å². The third-order valence-electron chi connectivity index (χ3n) is 8.39. The molecule has 0 amide bonds. The van der Waals surface area contributed by atoms with Gasteiger partial charge in [-0.25, -0.2) is 9.38 Å². The van der Waals surface area contributed by atoms with E-state index in [1.807, 2.05) is 65.4 Å². The van der Waals surface area contributed by atoms with Crippen molar-refractivity contribution in [1.82, 2.24) is 9.13 Å². The van der Waals surface area contributed by atoms with E-state index >= 15 is 0 Å². The van der Waals surface area contributed by atoms with Gasteiger partial charge < -0.3 is 4.57 Å². The number of halogens is 1. The first-order valence-corrected chi connectivity index (χ1v) is 15.0. The van der Waals surface area contributed by atoms with E-state index < -0.39 is 0 Å². The van der Waals surface area contributed by atoms with Gasteiger partial charge in [0.1, 0.15) is 5.82 Å². The second-order valence-electron chi connectivity index (χ2n) is 10.8. The number of thiazole rings is 1. The van der Waals surface area contributed by atoms with E-state index in [0.717, 1.165) is 46.1 Å². The van der Waals surface area contributed by atoms with Gasteiger partial charge in [-0.15, -0.1) is 0 Å². The van der Waals surface area contributed by atoms with Gasteiger partial charge in [-0.3, -0.25) is 9.36 Å². The Labute approximate surface area is 245 Å². The molecule has 42 heavy (non-hydrogen) atoms. The summed E-state index contributed by atoms with van der Waals surface area (Å²) in [4.78, 5) is 20.1. The molecule has 0 bridgehead atoms. The Balaban J connectivity index is 1.32. The van der Waals surface area contributed by atoms with Crippen molar-refractivity contribution in [3.63, 3.8) is 0 Å². The highest BCUT2D eigenvalue weighted by Gasteiger charge is 2.32. The van der Waals surface area contributed by atoms with Crippen LogP contribution in [0.4, 0.5) is 4.39 Å². The number of allylic oxidation sites excluding steroid dienone is 1. The molecule has 2 aliphatic rings. The van der Waals surface area contributed by atoms with Crippen LogP contribution >= 0.6 is 11.3 Å². The third-order valence-corrected chi connectivity index (χ3v) is 9.38. The van der Waals surface area contributed by atoms with Crippen molar-refractivity contribution in [1.29, 1.82) is 0 Å². The van der Waals surface area contributed by atoms with Gasteiger partial charge in [-0.1, -0.05) is 102 Å². The van der Waals surface area contributed by atoms with Crippen LogP contribution in [0.15, 0.2) is 125 Å². The van der Waals surface area contributed by atoms with Crippen molar-refractivity contribution in [3.05, 3.63) is 168 Å². The second kappa shape index (κ2) is 9.93. The number of aryl methyl sites for hydroxylation is 1. The highest BCUT2D eigenvalue weighted by molar-refractivity contribution is 7.07. The van der Waals surface area contributed by atoms with Crippen LogP contribution in [-0.4, -0.2) is 9.13 Å². The lowest BCUT2D eigenvalue weighted by molar-refractivity contribution is 0.585. The second-order valence-corrected chi connectivity index (χ2v) is 11.9. The average molecular weight is 568 g/mol. The number of fused-ring (bicyclic) bond motifs is 4. The van der Waals surface area contributed by atoms with Crippen molar-refractivity contribution in [2.75, 3.05) is 0 Å². The molecule has 0 spiro atoms. The lowest BCUT2D eigenvalue weighted by atomic mass is 9.83. The Morgan fingerprint density at radius 2 is 1.64 bits per heavy atom. The Morgan fingerprint density at radius 1 is 0.881 bits per heavy atom. The van der Waals surface area contributed by atoms with Crippen LogP contribution in [0.1, 0.15) is 40.3 Å². The summed E-state index contributed by atoms with van der Waals surface area (Å²) in [7, 11) is 0. The number of rotatable bonds is 4. The maximum Gasteiger partial charge on any atom is 0.271 e. The minimum Gasteiger partial charge on any atom is -0.342 e. The summed E-state index contributed by atoms with van der Waals surface area (Å²) in [6.07, 6.45) is 5.79. The fourth-order valence-corrected chi connectivity index (χ4v) is 7.42. The molecule has 1 aliphatic heterocycles. The van der Waals surface area contributed by atoms with Gasteiger partial charge in [0.2, 0.25) is 0 Å². The molecule has 6 aromatic rings. The molecule has 4 aromatic carbocycles. The molecule has 0 saturated carbocycles. The van der Waals surface area contributed by atoms with Crippen LogP contribution in [0.25, 0.3) is 22.7 Å². The molecule has 0 fully saturated rings. The summed E-state index contributed by atoms with van der Waals surface area (Å²) >= 11 is 1.43. The van der Waals surface area contributed by atoms with Gasteiger partial charge in [0.25, 0.3) is 5.56 Å². The molecule has 0 radical (unpaired) electrons. The summed E-state index contributed by atoms with van der Waals surface area (Å²) in [5.41, 5.74) is 8.25. The molecule has 6 heteroatoms. The molecule has 0 saturated heterocycles. The van der Waals surface area contributed by atoms with Crippen LogP contribution in [-0.2, 0) is 13.0 Å². The molecular weight excluding hydrogens is 541 g/mol. The Bertz CT molecular complexity index is 2220. The Morgan fingerprint density at radius 3 is 2.52 bits per heavy atom. The van der Waals surface area contributed by atoms with Crippen LogP contribution in [0.3, 0.4) is 0 Å². The van der Waals surface area contributed by atoms with Gasteiger partial charge in [0.05, 0.1) is 22.8 Å². The van der Waals surface area contributed by atoms with Crippen molar-refractivity contribution < 1.29 is 4.39 Å². The predicted molar refractivity (Wildman–Crippen MR) is 167 cm³/mol. The largest absolute Gasteiger partial charge is 0.342 e. The van der Waals surface area contributed by atoms with Gasteiger partial charge in [-0.2, -0.15) is 0 Å². The fourth-order valence-electron chi connectivity index (χ4n) is 6.43. The summed E-state index contributed by atoms with van der Waals surface area (Å²) in [5.74, 6) is -0.225. The number of para-hydroxylation sites is 1. The van der Waals surface area contributed by atoms with E-state index in [0.29, 0.717) is 21.4 Å². The number of hydrogen-bond donors (Lipinski definition) is 0. The van der Waals surface area contributed by atoms with Gasteiger partial charge in [0, 0.05) is 33.8 Å². The zero-order chi connectivity index (χ0) is 28.2. The lowest BCUT2D eigenvalue weighted by Crippen LogP contribution is -2.38. The van der Waals surface area contributed by atoms with E-state index in [4.69, 9.17) is 4.99 Å². The maximum absolute atomic E-state index is 14.5. The van der Waals surface area contributed by atoms with Crippen molar-refractivity contribution in [3.8, 4) is 0 Å². The maximum atomic E-state index is 14.5. The lowest BCUT2D eigenvalue weighted by Gasteiger charge is -2.30. The van der Waals surface area contributed by atoms with E-state index in [-0.39, 0.29) is 17.4 Å². The third kappa shape index (κ3) is 4.02. The summed E-state index contributed by atoms with van der Waals surface area (Å²) in [5, 5.41) is 1.02. The first kappa shape index (κ1) is 24.9. The minimum absolute atomic E-state index is 0.0380. The number of nitrogens with zero attached hydrogens (tertiary/aromatic N) is 3. The van der Waals surface area contributed by atoms with Gasteiger partial charge in [-0.05, 0) is 47.8 Å². The molecule has 204 valence electrons. The zero-order valence-electron chi connectivity index (χ0n) is 22.7. The minimum atomic E-state index is -0.225. The van der Waals surface area contributed by atoms with E-state index in [1.165, 1.54) is 28.5 Å². The summed E-state index contributed by atoms with van der Waals surface area (Å²) < 4.78 is 19.1. The SMILES string of the molecule is O=c1/c(=C\c2cn(Cc3ccccc3F)c3ccccc23)sc2n1[C@@H](c1ccccc1)C1=C(N=2)c2ccccc2CC1. The molecule has 0 unspecified atom stereocenters. The summed E-state index contributed by atoms with van der Waals surface area (Å²) in [6.45, 7) is 0.405. The standard InChI is InChI=1S/C36H26FN3OS/c37-30-16-8-5-13-25(30)21-39-22-26(27-14-7-9-17-31(27)39)20-32-35(41)40-34(24-11-2-1-3-12-24)29-19-18-23-10-4-6-15-28(23)33(29)38-36(40)42-32/h1-17,20,22,34H,18-19,21H2/b32-20+/t34-/m0/s1. The summed E-state index contributed by atoms with van der Waals surface area (Å²) in [6, 6.07) is 33.5. The molecule has 1 aliphatic carbocycles. The number of hydrogen-bond acceptors (Lipinski definition) is 3. The van der Waals surface area contributed by atoms with Crippen LogP contribution in [0.5, 0.6) is 0 Å². The first-order chi connectivity index (χ1) is 20.7. The molecule has 3 heterocycles. The van der Waals surface area contributed by atoms with E-state index in [9.17, 15) is 9.18 Å². The van der Waals surface area contributed by atoms with Crippen molar-refractivity contribution in [2.45, 2.75) is 25.4 Å². The molecule has 2 aromatic heterocycles. The first-order valence-electron chi connectivity index (χ1n) is 14.1. The molecule has 8 rings (SSSR count). The Kier molecular flexibility index (Phi) is 5.90. The fraction of sp³-hybridized carbons (Fsp3) is 0.111.